The van der Waals surface area contributed by atoms with Crippen LogP contribution in [0.1, 0.15) is 32.3 Å². The molecule has 0 saturated heterocycles. The second kappa shape index (κ2) is 6.02. The smallest absolute Gasteiger partial charge is 0.121 e. The molecule has 0 aliphatic rings. The molecular formula is C13H18N2O. The van der Waals surface area contributed by atoms with E-state index in [9.17, 15) is 0 Å². The quantitative estimate of drug-likeness (QED) is 0.610. The lowest BCUT2D eigenvalue weighted by Gasteiger charge is -2.08. The van der Waals surface area contributed by atoms with Crippen molar-refractivity contribution in [2.24, 2.45) is 5.92 Å². The molecule has 0 saturated carbocycles. The minimum Gasteiger partial charge on any atom is -0.494 e. The number of ether oxygens (including phenoxy) is 1. The number of nitriles is 1. The zero-order valence-electron chi connectivity index (χ0n) is 9.86. The Labute approximate surface area is 96.8 Å². The van der Waals surface area contributed by atoms with E-state index >= 15 is 0 Å². The maximum absolute atomic E-state index is 8.71. The van der Waals surface area contributed by atoms with Crippen LogP contribution in [0.5, 0.6) is 5.75 Å². The summed E-state index contributed by atoms with van der Waals surface area (Å²) in [4.78, 5) is 0. The van der Waals surface area contributed by atoms with Crippen molar-refractivity contribution >= 4 is 5.69 Å². The number of rotatable bonds is 5. The second-order valence-corrected chi connectivity index (χ2v) is 4.25. The first kappa shape index (κ1) is 12.4. The lowest BCUT2D eigenvalue weighted by atomic mass is 10.1. The first-order chi connectivity index (χ1) is 7.63. The largest absolute Gasteiger partial charge is 0.494 e. The van der Waals surface area contributed by atoms with Gasteiger partial charge in [0.05, 0.1) is 17.9 Å². The highest BCUT2D eigenvalue weighted by Gasteiger charge is 2.01. The van der Waals surface area contributed by atoms with Crippen molar-refractivity contribution in [3.05, 3.63) is 23.8 Å². The first-order valence-corrected chi connectivity index (χ1v) is 5.56. The molecule has 0 aliphatic heterocycles. The number of hydrogen-bond acceptors (Lipinski definition) is 3. The molecule has 16 heavy (non-hydrogen) atoms. The number of nitrogens with two attached hydrogens (primary N) is 1. The molecule has 86 valence electrons. The van der Waals surface area contributed by atoms with Crippen molar-refractivity contribution in [1.82, 2.24) is 0 Å². The average molecular weight is 218 g/mol. The number of nitrogens with zero attached hydrogens (tertiary/aromatic N) is 1. The Balaban J connectivity index is 2.44. The molecule has 0 unspecified atom stereocenters. The van der Waals surface area contributed by atoms with Crippen molar-refractivity contribution in [1.29, 1.82) is 5.26 Å². The molecular weight excluding hydrogens is 200 g/mol. The molecule has 3 heteroatoms. The molecule has 0 spiro atoms. The molecule has 0 fully saturated rings. The van der Waals surface area contributed by atoms with Gasteiger partial charge in [-0.25, -0.2) is 0 Å². The van der Waals surface area contributed by atoms with Crippen molar-refractivity contribution in [3.63, 3.8) is 0 Å². The summed E-state index contributed by atoms with van der Waals surface area (Å²) in [6.07, 6.45) is 2.20. The Morgan fingerprint density at radius 3 is 2.75 bits per heavy atom. The summed E-state index contributed by atoms with van der Waals surface area (Å²) in [5.74, 6) is 1.44. The summed E-state index contributed by atoms with van der Waals surface area (Å²) in [6.45, 7) is 5.09. The van der Waals surface area contributed by atoms with Gasteiger partial charge in [-0.1, -0.05) is 13.8 Å². The van der Waals surface area contributed by atoms with Gasteiger partial charge in [0.1, 0.15) is 11.8 Å². The van der Waals surface area contributed by atoms with Crippen LogP contribution in [0.2, 0.25) is 0 Å². The first-order valence-electron chi connectivity index (χ1n) is 5.56. The van der Waals surface area contributed by atoms with Gasteiger partial charge in [0.25, 0.3) is 0 Å². The Kier molecular flexibility index (Phi) is 4.65. The molecule has 0 bridgehead atoms. The lowest BCUT2D eigenvalue weighted by Crippen LogP contribution is -2.00. The van der Waals surface area contributed by atoms with Crippen LogP contribution in [-0.4, -0.2) is 6.61 Å². The van der Waals surface area contributed by atoms with Gasteiger partial charge in [-0.05, 0) is 30.9 Å². The molecule has 0 atom stereocenters. The Bertz CT molecular complexity index is 380. The molecule has 0 heterocycles. The van der Waals surface area contributed by atoms with Crippen LogP contribution in [0, 0.1) is 17.2 Å². The molecule has 1 rings (SSSR count). The molecule has 0 aliphatic carbocycles. The van der Waals surface area contributed by atoms with Crippen LogP contribution in [-0.2, 0) is 0 Å². The van der Waals surface area contributed by atoms with Crippen LogP contribution in [0.3, 0.4) is 0 Å². The molecule has 2 N–H and O–H groups in total. The Morgan fingerprint density at radius 1 is 1.44 bits per heavy atom. The lowest BCUT2D eigenvalue weighted by molar-refractivity contribution is 0.298. The Morgan fingerprint density at radius 2 is 2.19 bits per heavy atom. The molecule has 0 amide bonds. The van der Waals surface area contributed by atoms with Crippen LogP contribution in [0.25, 0.3) is 0 Å². The number of benzene rings is 1. The Hall–Kier alpha value is -1.69. The predicted octanol–water partition coefficient (Wildman–Crippen LogP) is 2.96. The fraction of sp³-hybridized carbons (Fsp3) is 0.462. The summed E-state index contributed by atoms with van der Waals surface area (Å²) < 4.78 is 5.55. The molecule has 3 nitrogen and oxygen atoms in total. The standard InChI is InChI=1S/C13H18N2O/c1-10(2)4-3-7-16-12-6-5-11(9-14)13(15)8-12/h5-6,8,10H,3-4,7,15H2,1-2H3. The third kappa shape index (κ3) is 3.82. The van der Waals surface area contributed by atoms with Gasteiger partial charge >= 0.3 is 0 Å². The van der Waals surface area contributed by atoms with Crippen LogP contribution < -0.4 is 10.5 Å². The van der Waals surface area contributed by atoms with E-state index in [0.717, 1.165) is 18.6 Å². The van der Waals surface area contributed by atoms with Crippen molar-refractivity contribution in [2.45, 2.75) is 26.7 Å². The zero-order chi connectivity index (χ0) is 12.0. The highest BCUT2D eigenvalue weighted by Crippen LogP contribution is 2.19. The van der Waals surface area contributed by atoms with E-state index in [4.69, 9.17) is 15.7 Å². The summed E-state index contributed by atoms with van der Waals surface area (Å²) in [5, 5.41) is 8.71. The zero-order valence-corrected chi connectivity index (χ0v) is 9.86. The van der Waals surface area contributed by atoms with Crippen molar-refractivity contribution in [2.75, 3.05) is 12.3 Å². The third-order valence-electron chi connectivity index (χ3n) is 2.34. The van der Waals surface area contributed by atoms with Gasteiger partial charge in [-0.2, -0.15) is 5.26 Å². The normalized spacial score (nSPS) is 10.1. The average Bonchev–Trinajstić information content (AvgIpc) is 2.24. The molecule has 1 aromatic carbocycles. The summed E-state index contributed by atoms with van der Waals surface area (Å²) in [5.41, 5.74) is 6.65. The van der Waals surface area contributed by atoms with Crippen LogP contribution >= 0.6 is 0 Å². The maximum Gasteiger partial charge on any atom is 0.121 e. The van der Waals surface area contributed by atoms with Gasteiger partial charge in [0.15, 0.2) is 0 Å². The molecule has 0 radical (unpaired) electrons. The number of anilines is 1. The highest BCUT2D eigenvalue weighted by atomic mass is 16.5. The van der Waals surface area contributed by atoms with E-state index < -0.39 is 0 Å². The molecule has 1 aromatic rings. The topological polar surface area (TPSA) is 59.0 Å². The van der Waals surface area contributed by atoms with E-state index in [1.807, 2.05) is 6.07 Å². The maximum atomic E-state index is 8.71. The van der Waals surface area contributed by atoms with Gasteiger partial charge in [-0.15, -0.1) is 0 Å². The summed E-state index contributed by atoms with van der Waals surface area (Å²) >= 11 is 0. The minimum atomic E-state index is 0.476. The van der Waals surface area contributed by atoms with Crippen LogP contribution in [0.15, 0.2) is 18.2 Å². The third-order valence-corrected chi connectivity index (χ3v) is 2.34. The van der Waals surface area contributed by atoms with E-state index in [2.05, 4.69) is 13.8 Å². The van der Waals surface area contributed by atoms with Gasteiger partial charge in [0.2, 0.25) is 0 Å². The second-order valence-electron chi connectivity index (χ2n) is 4.25. The SMILES string of the molecule is CC(C)CCCOc1ccc(C#N)c(N)c1. The van der Waals surface area contributed by atoms with E-state index in [-0.39, 0.29) is 0 Å². The monoisotopic (exact) mass is 218 g/mol. The summed E-state index contributed by atoms with van der Waals surface area (Å²) in [7, 11) is 0. The van der Waals surface area contributed by atoms with E-state index in [1.165, 1.54) is 0 Å². The number of nitrogen functional groups attached to an aromatic ring is 1. The van der Waals surface area contributed by atoms with Gasteiger partial charge in [0, 0.05) is 6.07 Å². The van der Waals surface area contributed by atoms with Crippen molar-refractivity contribution in [3.8, 4) is 11.8 Å². The van der Waals surface area contributed by atoms with E-state index in [1.54, 1.807) is 18.2 Å². The fourth-order valence-electron chi connectivity index (χ4n) is 1.41. The fourth-order valence-corrected chi connectivity index (χ4v) is 1.41. The van der Waals surface area contributed by atoms with Crippen molar-refractivity contribution < 1.29 is 4.74 Å². The van der Waals surface area contributed by atoms with Gasteiger partial charge < -0.3 is 10.5 Å². The van der Waals surface area contributed by atoms with E-state index in [0.29, 0.717) is 23.8 Å². The minimum absolute atomic E-state index is 0.476. The van der Waals surface area contributed by atoms with Gasteiger partial charge in [-0.3, -0.25) is 0 Å². The summed E-state index contributed by atoms with van der Waals surface area (Å²) in [6, 6.07) is 7.20. The highest BCUT2D eigenvalue weighted by molar-refractivity contribution is 5.56. The predicted molar refractivity (Wildman–Crippen MR) is 65.1 cm³/mol. The molecule has 0 aromatic heterocycles. The number of hydrogen-bond donors (Lipinski definition) is 1. The van der Waals surface area contributed by atoms with Crippen LogP contribution in [0.4, 0.5) is 5.69 Å².